The molecule has 0 fully saturated rings. The molecule has 1 aliphatic heterocycles. The molecule has 1 N–H and O–H groups in total. The van der Waals surface area contributed by atoms with Gasteiger partial charge in [0.05, 0.1) is 11.4 Å². The summed E-state index contributed by atoms with van der Waals surface area (Å²) in [5.41, 5.74) is 2.26. The SMILES string of the molecule is CCCC(NC(=O)c1nnn(-c2ccc(OC(F)F)cc2)c1C)C(=O)N1CCc2sccc2C1. The molecule has 0 spiro atoms. The molecule has 0 saturated carbocycles. The van der Waals surface area contributed by atoms with Crippen molar-refractivity contribution >= 4 is 23.2 Å². The van der Waals surface area contributed by atoms with Crippen molar-refractivity contribution in [3.63, 3.8) is 0 Å². The lowest BCUT2D eigenvalue weighted by molar-refractivity contribution is -0.134. The summed E-state index contributed by atoms with van der Waals surface area (Å²) in [6, 6.07) is 7.24. The van der Waals surface area contributed by atoms with Crippen molar-refractivity contribution in [1.82, 2.24) is 25.2 Å². The first kappa shape index (κ1) is 23.8. The fourth-order valence-corrected chi connectivity index (χ4v) is 4.87. The van der Waals surface area contributed by atoms with Crippen molar-refractivity contribution in [2.24, 2.45) is 0 Å². The number of halogens is 2. The number of carbonyl (C=O) groups excluding carboxylic acids is 2. The molecule has 0 bridgehead atoms. The summed E-state index contributed by atoms with van der Waals surface area (Å²) < 4.78 is 30.5. The van der Waals surface area contributed by atoms with E-state index in [1.807, 2.05) is 18.4 Å². The minimum absolute atomic E-state index is 0.0164. The minimum Gasteiger partial charge on any atom is -0.435 e. The lowest BCUT2D eigenvalue weighted by Gasteiger charge is -2.30. The van der Waals surface area contributed by atoms with E-state index >= 15 is 0 Å². The van der Waals surface area contributed by atoms with E-state index in [1.54, 1.807) is 35.3 Å². The van der Waals surface area contributed by atoms with Crippen LogP contribution in [0.5, 0.6) is 5.75 Å². The van der Waals surface area contributed by atoms with Crippen LogP contribution in [-0.4, -0.2) is 50.9 Å². The van der Waals surface area contributed by atoms with Gasteiger partial charge in [0.25, 0.3) is 5.91 Å². The van der Waals surface area contributed by atoms with Crippen molar-refractivity contribution in [1.29, 1.82) is 0 Å². The minimum atomic E-state index is -2.91. The summed E-state index contributed by atoms with van der Waals surface area (Å²) in [4.78, 5) is 29.3. The number of benzene rings is 1. The predicted octanol–water partition coefficient (Wildman–Crippen LogP) is 3.72. The fourth-order valence-electron chi connectivity index (χ4n) is 3.98. The third kappa shape index (κ3) is 5.09. The van der Waals surface area contributed by atoms with E-state index in [0.717, 1.165) is 18.4 Å². The highest BCUT2D eigenvalue weighted by molar-refractivity contribution is 7.10. The number of rotatable bonds is 8. The second-order valence-corrected chi connectivity index (χ2v) is 9.00. The van der Waals surface area contributed by atoms with Crippen LogP contribution in [0.2, 0.25) is 0 Å². The zero-order chi connectivity index (χ0) is 24.2. The molecule has 4 rings (SSSR count). The highest BCUT2D eigenvalue weighted by Gasteiger charge is 2.30. The Kier molecular flexibility index (Phi) is 7.20. The Bertz CT molecular complexity index is 1160. The molecular weight excluding hydrogens is 464 g/mol. The molecule has 1 atom stereocenters. The summed E-state index contributed by atoms with van der Waals surface area (Å²) in [6.07, 6.45) is 2.06. The Balaban J connectivity index is 1.46. The first-order valence-corrected chi connectivity index (χ1v) is 11.9. The van der Waals surface area contributed by atoms with Crippen molar-refractivity contribution < 1.29 is 23.1 Å². The molecule has 1 unspecified atom stereocenters. The van der Waals surface area contributed by atoms with E-state index in [9.17, 15) is 18.4 Å². The van der Waals surface area contributed by atoms with Gasteiger partial charge in [0.1, 0.15) is 11.8 Å². The summed E-state index contributed by atoms with van der Waals surface area (Å²) in [5, 5.41) is 12.9. The standard InChI is InChI=1S/C23H25F2N5O3S/c1-3-4-18(22(32)29-11-9-19-15(13-29)10-12-34-19)26-21(31)20-14(2)30(28-27-20)16-5-7-17(8-6-16)33-23(24)25/h5-8,10,12,18,23H,3-4,9,11,13H2,1-2H3,(H,26,31). The van der Waals surface area contributed by atoms with Gasteiger partial charge >= 0.3 is 6.61 Å². The Morgan fingerprint density at radius 1 is 1.24 bits per heavy atom. The Labute approximate surface area is 199 Å². The van der Waals surface area contributed by atoms with Crippen molar-refractivity contribution in [3.8, 4) is 11.4 Å². The summed E-state index contributed by atoms with van der Waals surface area (Å²) in [5.74, 6) is -0.573. The number of nitrogens with one attached hydrogen (secondary N) is 1. The maximum atomic E-state index is 13.2. The Morgan fingerprint density at radius 3 is 2.71 bits per heavy atom. The molecule has 2 aromatic heterocycles. The summed E-state index contributed by atoms with van der Waals surface area (Å²) in [7, 11) is 0. The van der Waals surface area contributed by atoms with Crippen LogP contribution in [-0.2, 0) is 17.8 Å². The lowest BCUT2D eigenvalue weighted by atomic mass is 10.1. The number of hydrogen-bond donors (Lipinski definition) is 1. The quantitative estimate of drug-likeness (QED) is 0.521. The Morgan fingerprint density at radius 2 is 2.00 bits per heavy atom. The largest absolute Gasteiger partial charge is 0.435 e. The Hall–Kier alpha value is -3.34. The lowest BCUT2D eigenvalue weighted by Crippen LogP contribution is -2.49. The fraction of sp³-hybridized carbons (Fsp3) is 0.391. The van der Waals surface area contributed by atoms with Gasteiger partial charge in [-0.2, -0.15) is 8.78 Å². The summed E-state index contributed by atoms with van der Waals surface area (Å²) in [6.45, 7) is 1.91. The van der Waals surface area contributed by atoms with E-state index in [1.165, 1.54) is 21.7 Å². The van der Waals surface area contributed by atoms with Crippen molar-refractivity contribution in [2.75, 3.05) is 6.54 Å². The number of carbonyl (C=O) groups is 2. The molecule has 3 heterocycles. The van der Waals surface area contributed by atoms with Gasteiger partial charge in [0.15, 0.2) is 5.69 Å². The molecule has 0 saturated heterocycles. The normalized spacial score (nSPS) is 14.1. The molecule has 3 aromatic rings. The average Bonchev–Trinajstić information content (AvgIpc) is 3.44. The number of alkyl halides is 2. The van der Waals surface area contributed by atoms with Gasteiger partial charge in [-0.3, -0.25) is 9.59 Å². The van der Waals surface area contributed by atoms with E-state index in [2.05, 4.69) is 20.4 Å². The van der Waals surface area contributed by atoms with E-state index in [4.69, 9.17) is 0 Å². The molecule has 0 aliphatic carbocycles. The average molecular weight is 490 g/mol. The number of aromatic nitrogens is 3. The van der Waals surface area contributed by atoms with Crippen molar-refractivity contribution in [2.45, 2.75) is 52.3 Å². The zero-order valence-electron chi connectivity index (χ0n) is 18.8. The monoisotopic (exact) mass is 489 g/mol. The van der Waals surface area contributed by atoms with Gasteiger partial charge in [0.2, 0.25) is 5.91 Å². The van der Waals surface area contributed by atoms with Crippen LogP contribution in [0.1, 0.15) is 46.4 Å². The highest BCUT2D eigenvalue weighted by atomic mass is 32.1. The van der Waals surface area contributed by atoms with Gasteiger partial charge < -0.3 is 15.0 Å². The molecule has 34 heavy (non-hydrogen) atoms. The van der Waals surface area contributed by atoms with Crippen LogP contribution >= 0.6 is 11.3 Å². The molecule has 11 heteroatoms. The number of nitrogens with zero attached hydrogens (tertiary/aromatic N) is 4. The molecular formula is C23H25F2N5O3S. The molecule has 0 radical (unpaired) electrons. The van der Waals surface area contributed by atoms with Gasteiger partial charge in [-0.1, -0.05) is 18.6 Å². The van der Waals surface area contributed by atoms with Crippen LogP contribution in [0, 0.1) is 6.92 Å². The van der Waals surface area contributed by atoms with E-state index in [0.29, 0.717) is 30.9 Å². The van der Waals surface area contributed by atoms with Gasteiger partial charge in [-0.15, -0.1) is 16.4 Å². The smallest absolute Gasteiger partial charge is 0.387 e. The second kappa shape index (κ2) is 10.3. The topological polar surface area (TPSA) is 89.4 Å². The number of ether oxygens (including phenoxy) is 1. The van der Waals surface area contributed by atoms with Crippen molar-refractivity contribution in [3.05, 3.63) is 57.5 Å². The predicted molar refractivity (Wildman–Crippen MR) is 122 cm³/mol. The van der Waals surface area contributed by atoms with Crippen LogP contribution in [0.25, 0.3) is 5.69 Å². The van der Waals surface area contributed by atoms with Crippen LogP contribution in [0.15, 0.2) is 35.7 Å². The third-order valence-electron chi connectivity index (χ3n) is 5.72. The summed E-state index contributed by atoms with van der Waals surface area (Å²) >= 11 is 1.71. The maximum absolute atomic E-state index is 13.2. The first-order chi connectivity index (χ1) is 16.4. The maximum Gasteiger partial charge on any atom is 0.387 e. The van der Waals surface area contributed by atoms with Gasteiger partial charge in [-0.25, -0.2) is 4.68 Å². The number of hydrogen-bond acceptors (Lipinski definition) is 6. The van der Waals surface area contributed by atoms with Crippen LogP contribution in [0.4, 0.5) is 8.78 Å². The zero-order valence-corrected chi connectivity index (χ0v) is 19.6. The molecule has 1 aliphatic rings. The molecule has 180 valence electrons. The molecule has 1 aromatic carbocycles. The van der Waals surface area contributed by atoms with E-state index < -0.39 is 18.6 Å². The molecule has 2 amide bonds. The van der Waals surface area contributed by atoms with Crippen LogP contribution < -0.4 is 10.1 Å². The number of thiophene rings is 1. The highest BCUT2D eigenvalue weighted by Crippen LogP contribution is 2.25. The van der Waals surface area contributed by atoms with Gasteiger partial charge in [-0.05, 0) is 61.0 Å². The number of fused-ring (bicyclic) bond motifs is 1. The second-order valence-electron chi connectivity index (χ2n) is 8.00. The third-order valence-corrected chi connectivity index (χ3v) is 6.74. The molecule has 8 nitrogen and oxygen atoms in total. The first-order valence-electron chi connectivity index (χ1n) is 11.0. The van der Waals surface area contributed by atoms with Gasteiger partial charge in [0, 0.05) is 18.0 Å². The number of amides is 2. The van der Waals surface area contributed by atoms with E-state index in [-0.39, 0.29) is 17.4 Å². The van der Waals surface area contributed by atoms with Crippen LogP contribution in [0.3, 0.4) is 0 Å².